The quantitative estimate of drug-likeness (QED) is 0.734. The van der Waals surface area contributed by atoms with E-state index in [9.17, 15) is 9.18 Å². The molecule has 0 fully saturated rings. The van der Waals surface area contributed by atoms with Gasteiger partial charge in [-0.25, -0.2) is 9.18 Å². The molecule has 0 radical (unpaired) electrons. The van der Waals surface area contributed by atoms with E-state index in [1.165, 1.54) is 6.08 Å². The molecule has 0 saturated carbocycles. The predicted molar refractivity (Wildman–Crippen MR) is 52.5 cm³/mol. The molecule has 1 aromatic rings. The number of halogens is 1. The number of carbonyl (C=O) groups is 1. The minimum absolute atomic E-state index is 0.301. The van der Waals surface area contributed by atoms with Gasteiger partial charge in [-0.3, -0.25) is 0 Å². The first-order valence-electron chi connectivity index (χ1n) is 4.19. The summed E-state index contributed by atoms with van der Waals surface area (Å²) in [5.41, 5.74) is 1.71. The Morgan fingerprint density at radius 1 is 1.43 bits per heavy atom. The molecular weight excluding hydrogens is 183 g/mol. The van der Waals surface area contributed by atoms with Crippen molar-refractivity contribution in [1.82, 2.24) is 0 Å². The second kappa shape index (κ2) is 4.05. The Morgan fingerprint density at radius 2 is 2.07 bits per heavy atom. The van der Waals surface area contributed by atoms with Gasteiger partial charge in [0.15, 0.2) is 0 Å². The van der Waals surface area contributed by atoms with E-state index in [2.05, 4.69) is 0 Å². The van der Waals surface area contributed by atoms with E-state index in [1.54, 1.807) is 19.1 Å². The van der Waals surface area contributed by atoms with Gasteiger partial charge in [0.2, 0.25) is 0 Å². The molecule has 3 heteroatoms. The Bertz CT molecular complexity index is 395. The van der Waals surface area contributed by atoms with E-state index in [4.69, 9.17) is 5.11 Å². The molecule has 0 bridgehead atoms. The molecule has 0 amide bonds. The van der Waals surface area contributed by atoms with Crippen LogP contribution in [-0.2, 0) is 4.79 Å². The molecule has 0 aliphatic rings. The largest absolute Gasteiger partial charge is 0.478 e. The van der Waals surface area contributed by atoms with Gasteiger partial charge in [0.05, 0.1) is 0 Å². The molecule has 14 heavy (non-hydrogen) atoms. The van der Waals surface area contributed by atoms with E-state index in [0.29, 0.717) is 11.1 Å². The molecule has 2 nitrogen and oxygen atoms in total. The number of hydrogen-bond acceptors (Lipinski definition) is 1. The van der Waals surface area contributed by atoms with Crippen molar-refractivity contribution >= 4 is 12.0 Å². The number of benzene rings is 1. The summed E-state index contributed by atoms with van der Waals surface area (Å²) >= 11 is 0. The maximum atomic E-state index is 13.5. The molecule has 74 valence electrons. The number of aryl methyl sites for hydroxylation is 1. The summed E-state index contributed by atoms with van der Waals surface area (Å²) in [6.07, 6.45) is 2.18. The number of carboxylic acids is 1. The highest BCUT2D eigenvalue weighted by Crippen LogP contribution is 2.17. The van der Waals surface area contributed by atoms with Gasteiger partial charge in [0, 0.05) is 11.6 Å². The third-order valence-corrected chi connectivity index (χ3v) is 2.09. The van der Waals surface area contributed by atoms with Gasteiger partial charge in [0.1, 0.15) is 5.82 Å². The zero-order chi connectivity index (χ0) is 10.7. The van der Waals surface area contributed by atoms with E-state index < -0.39 is 5.97 Å². The standard InChI is InChI=1S/C11H11FO2/c1-7-3-4-9(5-6-10(13)14)11(12)8(7)2/h3-6H,1-2H3,(H,13,14)/b6-5+. The van der Waals surface area contributed by atoms with Gasteiger partial charge in [-0.2, -0.15) is 0 Å². The lowest BCUT2D eigenvalue weighted by molar-refractivity contribution is -0.131. The third-order valence-electron chi connectivity index (χ3n) is 2.09. The van der Waals surface area contributed by atoms with Crippen LogP contribution in [0.4, 0.5) is 4.39 Å². The average Bonchev–Trinajstić information content (AvgIpc) is 2.13. The van der Waals surface area contributed by atoms with Crippen LogP contribution in [0.1, 0.15) is 16.7 Å². The van der Waals surface area contributed by atoms with Crippen LogP contribution in [0.25, 0.3) is 6.08 Å². The zero-order valence-corrected chi connectivity index (χ0v) is 8.04. The summed E-state index contributed by atoms with van der Waals surface area (Å²) in [6, 6.07) is 3.33. The summed E-state index contributed by atoms with van der Waals surface area (Å²) in [4.78, 5) is 10.2. The van der Waals surface area contributed by atoms with Gasteiger partial charge in [-0.05, 0) is 31.1 Å². The van der Waals surface area contributed by atoms with Crippen LogP contribution in [0.5, 0.6) is 0 Å². The van der Waals surface area contributed by atoms with Crippen LogP contribution in [0.2, 0.25) is 0 Å². The summed E-state index contributed by atoms with van der Waals surface area (Å²) in [7, 11) is 0. The Balaban J connectivity index is 3.12. The zero-order valence-electron chi connectivity index (χ0n) is 8.04. The SMILES string of the molecule is Cc1ccc(/C=C/C(=O)O)c(F)c1C. The molecule has 0 unspecified atom stereocenters. The van der Waals surface area contributed by atoms with Gasteiger partial charge < -0.3 is 5.11 Å². The fourth-order valence-corrected chi connectivity index (χ4v) is 1.09. The average molecular weight is 194 g/mol. The highest BCUT2D eigenvalue weighted by molar-refractivity contribution is 5.85. The van der Waals surface area contributed by atoms with Gasteiger partial charge in [0.25, 0.3) is 0 Å². The lowest BCUT2D eigenvalue weighted by atomic mass is 10.0. The Morgan fingerprint density at radius 3 is 2.64 bits per heavy atom. The van der Waals surface area contributed by atoms with Crippen molar-refractivity contribution in [2.45, 2.75) is 13.8 Å². The molecule has 1 rings (SSSR count). The smallest absolute Gasteiger partial charge is 0.328 e. The minimum atomic E-state index is -1.08. The number of aliphatic carboxylic acids is 1. The van der Waals surface area contributed by atoms with Crippen molar-refractivity contribution in [2.24, 2.45) is 0 Å². The van der Waals surface area contributed by atoms with Crippen LogP contribution in [0.3, 0.4) is 0 Å². The topological polar surface area (TPSA) is 37.3 Å². The van der Waals surface area contributed by atoms with Crippen molar-refractivity contribution in [3.05, 3.63) is 40.7 Å². The Labute approximate surface area is 81.7 Å². The maximum absolute atomic E-state index is 13.5. The van der Waals surface area contributed by atoms with Gasteiger partial charge >= 0.3 is 5.97 Å². The van der Waals surface area contributed by atoms with E-state index in [-0.39, 0.29) is 5.82 Å². The van der Waals surface area contributed by atoms with Crippen molar-refractivity contribution in [3.63, 3.8) is 0 Å². The number of carboxylic acid groups (broad SMARTS) is 1. The number of hydrogen-bond donors (Lipinski definition) is 1. The second-order valence-corrected chi connectivity index (χ2v) is 3.08. The molecule has 0 spiro atoms. The van der Waals surface area contributed by atoms with E-state index in [1.807, 2.05) is 6.92 Å². The molecule has 0 heterocycles. The Kier molecular flexibility index (Phi) is 3.02. The minimum Gasteiger partial charge on any atom is -0.478 e. The summed E-state index contributed by atoms with van der Waals surface area (Å²) in [5, 5.41) is 8.38. The van der Waals surface area contributed by atoms with Crippen LogP contribution >= 0.6 is 0 Å². The van der Waals surface area contributed by atoms with Gasteiger partial charge in [-0.1, -0.05) is 12.1 Å². The maximum Gasteiger partial charge on any atom is 0.328 e. The fraction of sp³-hybridized carbons (Fsp3) is 0.182. The first-order valence-corrected chi connectivity index (χ1v) is 4.19. The van der Waals surface area contributed by atoms with E-state index >= 15 is 0 Å². The molecule has 0 aliphatic carbocycles. The molecule has 0 atom stereocenters. The molecule has 1 N–H and O–H groups in total. The highest BCUT2D eigenvalue weighted by atomic mass is 19.1. The molecule has 0 aromatic heterocycles. The first-order chi connectivity index (χ1) is 6.52. The normalized spacial score (nSPS) is 10.8. The first kappa shape index (κ1) is 10.4. The fourth-order valence-electron chi connectivity index (χ4n) is 1.09. The molecule has 1 aromatic carbocycles. The van der Waals surface area contributed by atoms with Crippen molar-refractivity contribution in [1.29, 1.82) is 0 Å². The summed E-state index contributed by atoms with van der Waals surface area (Å²) in [6.45, 7) is 3.48. The van der Waals surface area contributed by atoms with Crippen LogP contribution in [0, 0.1) is 19.7 Å². The monoisotopic (exact) mass is 194 g/mol. The summed E-state index contributed by atoms with van der Waals surface area (Å²) in [5.74, 6) is -1.44. The van der Waals surface area contributed by atoms with Gasteiger partial charge in [-0.15, -0.1) is 0 Å². The lowest BCUT2D eigenvalue weighted by Crippen LogP contribution is -1.92. The van der Waals surface area contributed by atoms with Crippen molar-refractivity contribution in [2.75, 3.05) is 0 Å². The molecule has 0 saturated heterocycles. The van der Waals surface area contributed by atoms with E-state index in [0.717, 1.165) is 11.6 Å². The van der Waals surface area contributed by atoms with Crippen molar-refractivity contribution in [3.8, 4) is 0 Å². The highest BCUT2D eigenvalue weighted by Gasteiger charge is 2.04. The second-order valence-electron chi connectivity index (χ2n) is 3.08. The van der Waals surface area contributed by atoms with Crippen LogP contribution in [0.15, 0.2) is 18.2 Å². The molecular formula is C11H11FO2. The van der Waals surface area contributed by atoms with Crippen LogP contribution < -0.4 is 0 Å². The predicted octanol–water partition coefficient (Wildman–Crippen LogP) is 2.54. The van der Waals surface area contributed by atoms with Crippen molar-refractivity contribution < 1.29 is 14.3 Å². The molecule has 0 aliphatic heterocycles. The number of rotatable bonds is 2. The third kappa shape index (κ3) is 2.19. The summed E-state index contributed by atoms with van der Waals surface area (Å²) < 4.78 is 13.5. The Hall–Kier alpha value is -1.64. The lowest BCUT2D eigenvalue weighted by Gasteiger charge is -2.03. The van der Waals surface area contributed by atoms with Crippen LogP contribution in [-0.4, -0.2) is 11.1 Å².